The Balaban J connectivity index is 1.64. The van der Waals surface area contributed by atoms with E-state index < -0.39 is 0 Å². The quantitative estimate of drug-likeness (QED) is 0.469. The number of halogens is 1. The molecule has 1 fully saturated rings. The summed E-state index contributed by atoms with van der Waals surface area (Å²) >= 11 is 5.90. The van der Waals surface area contributed by atoms with Crippen molar-refractivity contribution in [3.8, 4) is 0 Å². The third-order valence-electron chi connectivity index (χ3n) is 4.04. The molecule has 6 heteroatoms. The van der Waals surface area contributed by atoms with Gasteiger partial charge in [0.05, 0.1) is 12.2 Å². The minimum Gasteiger partial charge on any atom is -0.373 e. The fourth-order valence-electron chi connectivity index (χ4n) is 2.99. The third kappa shape index (κ3) is 6.67. The Morgan fingerprint density at radius 1 is 1.21 bits per heavy atom. The lowest BCUT2D eigenvalue weighted by Crippen LogP contribution is -2.46. The second-order valence-corrected chi connectivity index (χ2v) is 6.79. The summed E-state index contributed by atoms with van der Waals surface area (Å²) < 4.78 is 5.76. The van der Waals surface area contributed by atoms with Crippen molar-refractivity contribution in [2.24, 2.45) is 4.99 Å². The first-order valence-corrected chi connectivity index (χ1v) is 9.01. The summed E-state index contributed by atoms with van der Waals surface area (Å²) in [5.41, 5.74) is 1.18. The Kier molecular flexibility index (Phi) is 7.82. The molecule has 24 heavy (non-hydrogen) atoms. The largest absolute Gasteiger partial charge is 0.373 e. The molecule has 1 aliphatic rings. The van der Waals surface area contributed by atoms with Gasteiger partial charge in [-0.25, -0.2) is 0 Å². The number of benzene rings is 1. The molecule has 0 aromatic heterocycles. The average molecular weight is 353 g/mol. The van der Waals surface area contributed by atoms with E-state index in [0.29, 0.717) is 12.2 Å². The molecule has 0 saturated carbocycles. The monoisotopic (exact) mass is 352 g/mol. The smallest absolute Gasteiger partial charge is 0.191 e. The van der Waals surface area contributed by atoms with Crippen LogP contribution in [0.1, 0.15) is 25.8 Å². The van der Waals surface area contributed by atoms with Crippen LogP contribution in [0.4, 0.5) is 0 Å². The SMILES string of the molecule is CN=C(NCCCN1CC(C)OC(C)C1)NCc1ccc(Cl)cc1. The highest BCUT2D eigenvalue weighted by atomic mass is 35.5. The second-order valence-electron chi connectivity index (χ2n) is 6.35. The number of hydrogen-bond acceptors (Lipinski definition) is 3. The molecule has 0 spiro atoms. The van der Waals surface area contributed by atoms with Crippen molar-refractivity contribution in [2.75, 3.05) is 33.2 Å². The topological polar surface area (TPSA) is 48.9 Å². The lowest BCUT2D eigenvalue weighted by molar-refractivity contribution is -0.0679. The Hall–Kier alpha value is -1.30. The zero-order valence-electron chi connectivity index (χ0n) is 14.9. The van der Waals surface area contributed by atoms with Crippen LogP contribution < -0.4 is 10.6 Å². The van der Waals surface area contributed by atoms with Crippen LogP contribution in [0.25, 0.3) is 0 Å². The van der Waals surface area contributed by atoms with Gasteiger partial charge in [0.2, 0.25) is 0 Å². The number of rotatable bonds is 6. The molecule has 1 aromatic carbocycles. The van der Waals surface area contributed by atoms with Gasteiger partial charge in [0, 0.05) is 44.8 Å². The lowest BCUT2D eigenvalue weighted by Gasteiger charge is -2.35. The summed E-state index contributed by atoms with van der Waals surface area (Å²) in [5, 5.41) is 7.45. The summed E-state index contributed by atoms with van der Waals surface area (Å²) in [7, 11) is 1.79. The molecule has 0 amide bonds. The van der Waals surface area contributed by atoms with E-state index in [1.807, 2.05) is 24.3 Å². The van der Waals surface area contributed by atoms with Crippen LogP contribution in [-0.4, -0.2) is 56.3 Å². The molecule has 1 aromatic rings. The molecule has 0 aliphatic carbocycles. The number of morpholine rings is 1. The normalized spacial score (nSPS) is 22.4. The van der Waals surface area contributed by atoms with E-state index in [2.05, 4.69) is 34.4 Å². The molecule has 1 aliphatic heterocycles. The Morgan fingerprint density at radius 3 is 2.50 bits per heavy atom. The van der Waals surface area contributed by atoms with Crippen molar-refractivity contribution in [1.29, 1.82) is 0 Å². The van der Waals surface area contributed by atoms with Crippen molar-refractivity contribution >= 4 is 17.6 Å². The van der Waals surface area contributed by atoms with E-state index in [-0.39, 0.29) is 0 Å². The first-order valence-electron chi connectivity index (χ1n) is 8.63. The number of nitrogens with one attached hydrogen (secondary N) is 2. The highest BCUT2D eigenvalue weighted by Gasteiger charge is 2.21. The minimum absolute atomic E-state index is 0.329. The highest BCUT2D eigenvalue weighted by molar-refractivity contribution is 6.30. The van der Waals surface area contributed by atoms with Crippen molar-refractivity contribution in [3.05, 3.63) is 34.9 Å². The van der Waals surface area contributed by atoms with Crippen molar-refractivity contribution in [1.82, 2.24) is 15.5 Å². The van der Waals surface area contributed by atoms with Crippen LogP contribution in [0.3, 0.4) is 0 Å². The number of aliphatic imine (C=N–C) groups is 1. The maximum atomic E-state index is 5.90. The van der Waals surface area contributed by atoms with Crippen LogP contribution in [0.5, 0.6) is 0 Å². The fourth-order valence-corrected chi connectivity index (χ4v) is 3.11. The summed E-state index contributed by atoms with van der Waals surface area (Å²) in [5.74, 6) is 0.827. The first kappa shape index (κ1) is 19.0. The van der Waals surface area contributed by atoms with Crippen LogP contribution in [0.2, 0.25) is 5.02 Å². The molecule has 1 saturated heterocycles. The summed E-state index contributed by atoms with van der Waals surface area (Å²) in [6.07, 6.45) is 1.74. The van der Waals surface area contributed by atoms with Gasteiger partial charge in [-0.2, -0.15) is 0 Å². The maximum absolute atomic E-state index is 5.90. The van der Waals surface area contributed by atoms with E-state index in [4.69, 9.17) is 16.3 Å². The predicted molar refractivity (Wildman–Crippen MR) is 101 cm³/mol. The number of hydrogen-bond donors (Lipinski definition) is 2. The molecule has 2 unspecified atom stereocenters. The molecule has 0 radical (unpaired) electrons. The molecule has 1 heterocycles. The zero-order chi connectivity index (χ0) is 17.4. The molecule has 5 nitrogen and oxygen atoms in total. The van der Waals surface area contributed by atoms with E-state index in [1.54, 1.807) is 7.05 Å². The van der Waals surface area contributed by atoms with Gasteiger partial charge in [-0.05, 0) is 38.0 Å². The molecule has 0 bridgehead atoms. The number of nitrogens with zero attached hydrogens (tertiary/aromatic N) is 2. The van der Waals surface area contributed by atoms with Gasteiger partial charge >= 0.3 is 0 Å². The van der Waals surface area contributed by atoms with Gasteiger partial charge in [-0.1, -0.05) is 23.7 Å². The van der Waals surface area contributed by atoms with Gasteiger partial charge < -0.3 is 15.4 Å². The summed E-state index contributed by atoms with van der Waals surface area (Å²) in [6.45, 7) is 9.05. The van der Waals surface area contributed by atoms with Crippen LogP contribution >= 0.6 is 11.6 Å². The highest BCUT2D eigenvalue weighted by Crippen LogP contribution is 2.10. The molecule has 2 rings (SSSR count). The number of ether oxygens (including phenoxy) is 1. The fraction of sp³-hybridized carbons (Fsp3) is 0.611. The van der Waals surface area contributed by atoms with Crippen molar-refractivity contribution in [3.63, 3.8) is 0 Å². The van der Waals surface area contributed by atoms with Gasteiger partial charge in [-0.3, -0.25) is 9.89 Å². The standard InChI is InChI=1S/C18H29ClN4O/c1-14-12-23(13-15(2)24-14)10-4-9-21-18(20-3)22-11-16-5-7-17(19)8-6-16/h5-8,14-15H,4,9-13H2,1-3H3,(H2,20,21,22). The van der Waals surface area contributed by atoms with Crippen LogP contribution in [0.15, 0.2) is 29.3 Å². The lowest BCUT2D eigenvalue weighted by atomic mass is 10.2. The molecular weight excluding hydrogens is 324 g/mol. The van der Waals surface area contributed by atoms with Crippen molar-refractivity contribution in [2.45, 2.75) is 39.0 Å². The van der Waals surface area contributed by atoms with Gasteiger partial charge in [0.25, 0.3) is 0 Å². The number of guanidine groups is 1. The minimum atomic E-state index is 0.329. The van der Waals surface area contributed by atoms with Crippen molar-refractivity contribution < 1.29 is 4.74 Å². The van der Waals surface area contributed by atoms with Crippen LogP contribution in [-0.2, 0) is 11.3 Å². The Labute approximate surface area is 150 Å². The third-order valence-corrected chi connectivity index (χ3v) is 4.29. The second kappa shape index (κ2) is 9.87. The summed E-state index contributed by atoms with van der Waals surface area (Å²) in [6, 6.07) is 7.84. The van der Waals surface area contributed by atoms with E-state index in [9.17, 15) is 0 Å². The molecule has 2 atom stereocenters. The first-order chi connectivity index (χ1) is 11.6. The predicted octanol–water partition coefficient (Wildman–Crippen LogP) is 2.50. The van der Waals surface area contributed by atoms with Crippen LogP contribution in [0, 0.1) is 0 Å². The Bertz CT molecular complexity index is 510. The Morgan fingerprint density at radius 2 is 1.88 bits per heavy atom. The van der Waals surface area contributed by atoms with Gasteiger partial charge in [0.1, 0.15) is 0 Å². The van der Waals surface area contributed by atoms with E-state index >= 15 is 0 Å². The zero-order valence-corrected chi connectivity index (χ0v) is 15.6. The maximum Gasteiger partial charge on any atom is 0.191 e. The summed E-state index contributed by atoms with van der Waals surface area (Å²) in [4.78, 5) is 6.74. The average Bonchev–Trinajstić information content (AvgIpc) is 2.55. The van der Waals surface area contributed by atoms with E-state index in [1.165, 1.54) is 5.56 Å². The molecule has 134 valence electrons. The van der Waals surface area contributed by atoms with Gasteiger partial charge in [0.15, 0.2) is 5.96 Å². The molecule has 2 N–H and O–H groups in total. The van der Waals surface area contributed by atoms with E-state index in [0.717, 1.165) is 50.1 Å². The van der Waals surface area contributed by atoms with Gasteiger partial charge in [-0.15, -0.1) is 0 Å². The molecular formula is C18H29ClN4O.